The molecule has 0 bridgehead atoms. The van der Waals surface area contributed by atoms with Gasteiger partial charge in [-0.1, -0.05) is 67.9 Å². The Morgan fingerprint density at radius 3 is 2.53 bits per heavy atom. The molecule has 4 heteroatoms. The van der Waals surface area contributed by atoms with E-state index >= 15 is 0 Å². The molecule has 1 aromatic heterocycles. The van der Waals surface area contributed by atoms with E-state index in [1.165, 1.54) is 57.3 Å². The number of para-hydroxylation sites is 1. The van der Waals surface area contributed by atoms with Gasteiger partial charge in [0.05, 0.1) is 0 Å². The van der Waals surface area contributed by atoms with Crippen molar-refractivity contribution >= 4 is 22.5 Å². The van der Waals surface area contributed by atoms with Crippen LogP contribution < -0.4 is 5.32 Å². The molecule has 1 saturated heterocycles. The lowest BCUT2D eigenvalue weighted by molar-refractivity contribution is -0.118. The van der Waals surface area contributed by atoms with Crippen molar-refractivity contribution in [2.24, 2.45) is 5.92 Å². The second kappa shape index (κ2) is 11.6. The molecule has 3 aromatic carbocycles. The van der Waals surface area contributed by atoms with Crippen LogP contribution in [0.1, 0.15) is 61.3 Å². The van der Waals surface area contributed by atoms with E-state index < -0.39 is 0 Å². The van der Waals surface area contributed by atoms with Crippen molar-refractivity contribution in [2.75, 3.05) is 25.0 Å². The van der Waals surface area contributed by atoms with Crippen LogP contribution in [-0.4, -0.2) is 35.4 Å². The van der Waals surface area contributed by atoms with Gasteiger partial charge >= 0.3 is 0 Å². The fourth-order valence-corrected chi connectivity index (χ4v) is 5.85. The molecule has 1 aliphatic rings. The van der Waals surface area contributed by atoms with Gasteiger partial charge in [0.25, 0.3) is 0 Å². The lowest BCUT2D eigenvalue weighted by atomic mass is 9.89. The van der Waals surface area contributed by atoms with Gasteiger partial charge in [-0.15, -0.1) is 0 Å². The van der Waals surface area contributed by atoms with Gasteiger partial charge in [0.1, 0.15) is 0 Å². The minimum absolute atomic E-state index is 0.0111. The third-order valence-electron chi connectivity index (χ3n) is 8.10. The summed E-state index contributed by atoms with van der Waals surface area (Å²) >= 11 is 0. The number of carbonyl (C=O) groups excluding carboxylic acids is 1. The number of amides is 1. The molecule has 4 nitrogen and oxygen atoms in total. The van der Waals surface area contributed by atoms with E-state index in [-0.39, 0.29) is 11.8 Å². The number of benzene rings is 3. The number of hydrogen-bond donors (Lipinski definition) is 2. The molecule has 1 fully saturated rings. The first-order valence-corrected chi connectivity index (χ1v) is 14.2. The van der Waals surface area contributed by atoms with Gasteiger partial charge in [0, 0.05) is 28.2 Å². The van der Waals surface area contributed by atoms with Gasteiger partial charge in [-0.3, -0.25) is 4.79 Å². The molecule has 0 aliphatic carbocycles. The Balaban J connectivity index is 1.21. The van der Waals surface area contributed by atoms with Crippen molar-refractivity contribution in [1.82, 2.24) is 9.88 Å². The van der Waals surface area contributed by atoms with E-state index in [2.05, 4.69) is 89.7 Å². The number of aromatic amines is 1. The van der Waals surface area contributed by atoms with Crippen LogP contribution in [0.2, 0.25) is 0 Å². The molecule has 0 saturated carbocycles. The Bertz CT molecular complexity index is 1410. The Kier molecular flexibility index (Phi) is 7.99. The smallest absolute Gasteiger partial charge is 0.226 e. The number of likely N-dealkylation sites (tertiary alicyclic amines) is 1. The van der Waals surface area contributed by atoms with Crippen molar-refractivity contribution in [3.63, 3.8) is 0 Å². The first-order valence-electron chi connectivity index (χ1n) is 14.2. The van der Waals surface area contributed by atoms with Crippen molar-refractivity contribution < 1.29 is 4.79 Å². The number of piperidine rings is 1. The highest BCUT2D eigenvalue weighted by atomic mass is 16.1. The molecule has 0 spiro atoms. The third-order valence-corrected chi connectivity index (χ3v) is 8.10. The lowest BCUT2D eigenvalue weighted by Crippen LogP contribution is -2.33. The normalized spacial score (nSPS) is 14.9. The fourth-order valence-electron chi connectivity index (χ4n) is 5.85. The number of fused-ring (bicyclic) bond motifs is 1. The molecule has 2 heterocycles. The van der Waals surface area contributed by atoms with Crippen molar-refractivity contribution in [1.29, 1.82) is 0 Å². The summed E-state index contributed by atoms with van der Waals surface area (Å²) in [7, 11) is 0. The summed E-state index contributed by atoms with van der Waals surface area (Å²) in [6.45, 7) is 11.6. The number of rotatable bonds is 8. The number of aryl methyl sites for hydroxylation is 3. The summed E-state index contributed by atoms with van der Waals surface area (Å²) in [5.41, 5.74) is 10.1. The maximum absolute atomic E-state index is 12.1. The average molecular weight is 508 g/mol. The highest BCUT2D eigenvalue weighted by Crippen LogP contribution is 2.34. The second-order valence-electron chi connectivity index (χ2n) is 11.3. The van der Waals surface area contributed by atoms with Crippen LogP contribution in [0.5, 0.6) is 0 Å². The summed E-state index contributed by atoms with van der Waals surface area (Å²) in [6.07, 6.45) is 4.57. The number of anilines is 1. The minimum atomic E-state index is -0.0111. The summed E-state index contributed by atoms with van der Waals surface area (Å²) in [5, 5.41) is 4.42. The molecule has 38 heavy (non-hydrogen) atoms. The number of hydrogen-bond acceptors (Lipinski definition) is 2. The van der Waals surface area contributed by atoms with Gasteiger partial charge in [-0.25, -0.2) is 0 Å². The lowest BCUT2D eigenvalue weighted by Gasteiger charge is -2.32. The van der Waals surface area contributed by atoms with Gasteiger partial charge < -0.3 is 15.2 Å². The third kappa shape index (κ3) is 5.86. The monoisotopic (exact) mass is 507 g/mol. The van der Waals surface area contributed by atoms with E-state index in [1.807, 2.05) is 19.9 Å². The first kappa shape index (κ1) is 26.2. The number of H-pyrrole nitrogens is 1. The Hall–Kier alpha value is -3.37. The number of nitrogens with zero attached hydrogens (tertiary/aromatic N) is 1. The van der Waals surface area contributed by atoms with E-state index in [1.54, 1.807) is 0 Å². The average Bonchev–Trinajstić information content (AvgIpc) is 3.29. The number of aromatic nitrogens is 1. The molecule has 0 unspecified atom stereocenters. The predicted octanol–water partition coefficient (Wildman–Crippen LogP) is 7.86. The van der Waals surface area contributed by atoms with Gasteiger partial charge in [-0.2, -0.15) is 0 Å². The Morgan fingerprint density at radius 1 is 1.00 bits per heavy atom. The van der Waals surface area contributed by atoms with Gasteiger partial charge in [0.2, 0.25) is 5.91 Å². The van der Waals surface area contributed by atoms with Crippen LogP contribution in [0, 0.1) is 19.8 Å². The van der Waals surface area contributed by atoms with Gasteiger partial charge in [0.15, 0.2) is 0 Å². The van der Waals surface area contributed by atoms with Gasteiger partial charge in [-0.05, 0) is 106 Å². The minimum Gasteiger partial charge on any atom is -0.354 e. The molecule has 1 aliphatic heterocycles. The topological polar surface area (TPSA) is 48.1 Å². The molecule has 4 aromatic rings. The largest absolute Gasteiger partial charge is 0.354 e. The molecule has 1 amide bonds. The van der Waals surface area contributed by atoms with Crippen molar-refractivity contribution in [3.8, 4) is 11.3 Å². The molecular weight excluding hydrogens is 466 g/mol. The highest BCUT2D eigenvalue weighted by molar-refractivity contribution is 5.93. The molecule has 198 valence electrons. The summed E-state index contributed by atoms with van der Waals surface area (Å²) in [4.78, 5) is 18.5. The molecule has 0 radical (unpaired) electrons. The van der Waals surface area contributed by atoms with Crippen LogP contribution in [0.25, 0.3) is 22.2 Å². The summed E-state index contributed by atoms with van der Waals surface area (Å²) in [6, 6.07) is 24.0. The zero-order chi connectivity index (χ0) is 26.6. The quantitative estimate of drug-likeness (QED) is 0.255. The van der Waals surface area contributed by atoms with Crippen LogP contribution >= 0.6 is 0 Å². The van der Waals surface area contributed by atoms with Crippen LogP contribution in [-0.2, 0) is 11.2 Å². The summed E-state index contributed by atoms with van der Waals surface area (Å²) in [5.74, 6) is 0.627. The predicted molar refractivity (Wildman–Crippen MR) is 160 cm³/mol. The zero-order valence-corrected chi connectivity index (χ0v) is 23.3. The van der Waals surface area contributed by atoms with E-state index in [4.69, 9.17) is 0 Å². The van der Waals surface area contributed by atoms with E-state index in [0.29, 0.717) is 5.92 Å². The van der Waals surface area contributed by atoms with Crippen molar-refractivity contribution in [2.45, 2.75) is 59.3 Å². The number of carbonyl (C=O) groups is 1. The number of nitrogens with one attached hydrogen (secondary N) is 2. The second-order valence-corrected chi connectivity index (χ2v) is 11.3. The standard InChI is InChI=1S/C34H41N3O/c1-23(2)34(38)35-29-13-7-11-27(22-29)26-16-19-37(20-17-26)18-8-15-31-30-14-6-10-25(4)32(30)36-33(31)28-12-5-9-24(3)21-28/h5-7,9-14,21-23,26,36H,8,15-20H2,1-4H3,(H,35,38). The highest BCUT2D eigenvalue weighted by Gasteiger charge is 2.21. The maximum atomic E-state index is 12.1. The summed E-state index contributed by atoms with van der Waals surface area (Å²) < 4.78 is 0. The molecule has 5 rings (SSSR count). The zero-order valence-electron chi connectivity index (χ0n) is 23.3. The van der Waals surface area contributed by atoms with Crippen LogP contribution in [0.15, 0.2) is 66.7 Å². The maximum Gasteiger partial charge on any atom is 0.226 e. The molecular formula is C34H41N3O. The van der Waals surface area contributed by atoms with Crippen molar-refractivity contribution in [3.05, 3.63) is 89.0 Å². The Morgan fingerprint density at radius 2 is 1.76 bits per heavy atom. The molecule has 2 N–H and O–H groups in total. The Labute approximate surface area is 227 Å². The molecule has 0 atom stereocenters. The first-order chi connectivity index (χ1) is 18.4. The van der Waals surface area contributed by atoms with Crippen LogP contribution in [0.3, 0.4) is 0 Å². The van der Waals surface area contributed by atoms with E-state index in [9.17, 15) is 4.79 Å². The van der Waals surface area contributed by atoms with E-state index in [0.717, 1.165) is 38.2 Å². The van der Waals surface area contributed by atoms with Crippen LogP contribution in [0.4, 0.5) is 5.69 Å². The fraction of sp³-hybridized carbons (Fsp3) is 0.382. The SMILES string of the molecule is Cc1cccc(-c2[nH]c3c(C)cccc3c2CCCN2CCC(c3cccc(NC(=O)C(C)C)c3)CC2)c1.